The largest absolute Gasteiger partial charge is 0.314 e. The van der Waals surface area contributed by atoms with Crippen molar-refractivity contribution < 1.29 is 0 Å². The fourth-order valence-corrected chi connectivity index (χ4v) is 2.76. The fraction of sp³-hybridized carbons (Fsp3) is 0.750. The van der Waals surface area contributed by atoms with Crippen molar-refractivity contribution in [3.05, 3.63) is 16.0 Å². The van der Waals surface area contributed by atoms with Gasteiger partial charge in [-0.15, -0.1) is 0 Å². The van der Waals surface area contributed by atoms with E-state index in [4.69, 9.17) is 0 Å². The van der Waals surface area contributed by atoms with Gasteiger partial charge in [-0.1, -0.05) is 19.3 Å². The predicted octanol–water partition coefficient (Wildman–Crippen LogP) is 2.80. The maximum Gasteiger partial charge on any atom is 0.0623 e. The molecule has 0 aliphatic heterocycles. The summed E-state index contributed by atoms with van der Waals surface area (Å²) in [5.74, 6) is 0. The Balaban J connectivity index is 1.57. The average molecular weight is 333 g/mol. The van der Waals surface area contributed by atoms with Crippen LogP contribution >= 0.6 is 22.6 Å². The van der Waals surface area contributed by atoms with Gasteiger partial charge < -0.3 is 5.32 Å². The van der Waals surface area contributed by atoms with Crippen molar-refractivity contribution in [1.29, 1.82) is 0 Å². The van der Waals surface area contributed by atoms with Gasteiger partial charge in [0, 0.05) is 18.8 Å². The monoisotopic (exact) mass is 333 g/mol. The van der Waals surface area contributed by atoms with Crippen LogP contribution in [-0.2, 0) is 6.54 Å². The van der Waals surface area contributed by atoms with Crippen LogP contribution in [0.5, 0.6) is 0 Å². The predicted molar refractivity (Wildman–Crippen MR) is 74.4 cm³/mol. The maximum absolute atomic E-state index is 4.28. The summed E-state index contributed by atoms with van der Waals surface area (Å²) in [4.78, 5) is 0. The Morgan fingerprint density at radius 2 is 2.19 bits per heavy atom. The number of hydrogen-bond acceptors (Lipinski definition) is 2. The molecular weight excluding hydrogens is 313 g/mol. The number of rotatable bonds is 5. The molecule has 0 spiro atoms. The van der Waals surface area contributed by atoms with Crippen molar-refractivity contribution in [2.45, 2.75) is 51.1 Å². The van der Waals surface area contributed by atoms with Crippen molar-refractivity contribution >= 4 is 22.6 Å². The molecule has 1 N–H and O–H groups in total. The zero-order valence-corrected chi connectivity index (χ0v) is 11.8. The molecule has 4 heteroatoms. The molecule has 1 aliphatic carbocycles. The molecule has 1 aliphatic rings. The minimum atomic E-state index is 0.784. The van der Waals surface area contributed by atoms with Gasteiger partial charge in [0.05, 0.1) is 9.77 Å². The van der Waals surface area contributed by atoms with Crippen LogP contribution < -0.4 is 5.32 Å². The average Bonchev–Trinajstić information content (AvgIpc) is 2.72. The number of hydrogen-bond donors (Lipinski definition) is 1. The Labute approximate surface area is 111 Å². The first-order chi connectivity index (χ1) is 7.84. The molecule has 1 aromatic heterocycles. The SMILES string of the molecule is Ic1cnn(CCCNC2CCCCC2)c1. The quantitative estimate of drug-likeness (QED) is 0.663. The minimum absolute atomic E-state index is 0.784. The summed E-state index contributed by atoms with van der Waals surface area (Å²) in [6.07, 6.45) is 12.2. The summed E-state index contributed by atoms with van der Waals surface area (Å²) in [6.45, 7) is 2.16. The molecule has 1 heterocycles. The Bertz CT molecular complexity index is 305. The van der Waals surface area contributed by atoms with Gasteiger partial charge in [0.15, 0.2) is 0 Å². The van der Waals surface area contributed by atoms with E-state index in [1.807, 2.05) is 10.9 Å². The van der Waals surface area contributed by atoms with Gasteiger partial charge in [-0.25, -0.2) is 0 Å². The van der Waals surface area contributed by atoms with E-state index >= 15 is 0 Å². The van der Waals surface area contributed by atoms with Gasteiger partial charge in [-0.05, 0) is 48.4 Å². The summed E-state index contributed by atoms with van der Waals surface area (Å²) in [5.41, 5.74) is 0. The lowest BCUT2D eigenvalue weighted by Crippen LogP contribution is -2.32. The topological polar surface area (TPSA) is 29.9 Å². The summed E-state index contributed by atoms with van der Waals surface area (Å²) in [5, 5.41) is 7.94. The van der Waals surface area contributed by atoms with Crippen molar-refractivity contribution in [3.8, 4) is 0 Å². The second kappa shape index (κ2) is 6.59. The first kappa shape index (κ1) is 12.4. The third-order valence-corrected chi connectivity index (χ3v) is 3.76. The van der Waals surface area contributed by atoms with Gasteiger partial charge in [-0.2, -0.15) is 5.10 Å². The zero-order chi connectivity index (χ0) is 11.2. The highest BCUT2D eigenvalue weighted by Crippen LogP contribution is 2.17. The molecular formula is C12H20IN3. The van der Waals surface area contributed by atoms with Gasteiger partial charge in [0.2, 0.25) is 0 Å². The van der Waals surface area contributed by atoms with Crippen LogP contribution in [0.1, 0.15) is 38.5 Å². The molecule has 0 radical (unpaired) electrons. The van der Waals surface area contributed by atoms with E-state index in [0.717, 1.165) is 19.1 Å². The molecule has 0 bridgehead atoms. The maximum atomic E-state index is 4.28. The lowest BCUT2D eigenvalue weighted by molar-refractivity contribution is 0.367. The highest BCUT2D eigenvalue weighted by molar-refractivity contribution is 14.1. The van der Waals surface area contributed by atoms with Crippen molar-refractivity contribution in [3.63, 3.8) is 0 Å². The molecule has 0 aromatic carbocycles. The molecule has 0 unspecified atom stereocenters. The molecule has 16 heavy (non-hydrogen) atoms. The second-order valence-electron chi connectivity index (χ2n) is 4.56. The highest BCUT2D eigenvalue weighted by Gasteiger charge is 2.11. The van der Waals surface area contributed by atoms with Crippen LogP contribution in [0.4, 0.5) is 0 Å². The van der Waals surface area contributed by atoms with E-state index in [1.54, 1.807) is 0 Å². The van der Waals surface area contributed by atoms with E-state index in [9.17, 15) is 0 Å². The van der Waals surface area contributed by atoms with Crippen molar-refractivity contribution in [2.24, 2.45) is 0 Å². The van der Waals surface area contributed by atoms with Gasteiger partial charge in [0.25, 0.3) is 0 Å². The van der Waals surface area contributed by atoms with Crippen LogP contribution in [0.25, 0.3) is 0 Å². The Morgan fingerprint density at radius 1 is 1.38 bits per heavy atom. The Hall–Kier alpha value is -0.100. The van der Waals surface area contributed by atoms with Crippen LogP contribution in [0, 0.1) is 3.57 Å². The lowest BCUT2D eigenvalue weighted by atomic mass is 9.95. The third-order valence-electron chi connectivity index (χ3n) is 3.20. The second-order valence-corrected chi connectivity index (χ2v) is 5.81. The van der Waals surface area contributed by atoms with Crippen LogP contribution in [-0.4, -0.2) is 22.4 Å². The van der Waals surface area contributed by atoms with Gasteiger partial charge in [-0.3, -0.25) is 4.68 Å². The van der Waals surface area contributed by atoms with E-state index in [0.29, 0.717) is 0 Å². The molecule has 0 amide bonds. The van der Waals surface area contributed by atoms with Crippen LogP contribution in [0.2, 0.25) is 0 Å². The summed E-state index contributed by atoms with van der Waals surface area (Å²) >= 11 is 2.30. The van der Waals surface area contributed by atoms with E-state index in [-0.39, 0.29) is 0 Å². The van der Waals surface area contributed by atoms with E-state index < -0.39 is 0 Å². The van der Waals surface area contributed by atoms with Gasteiger partial charge in [0.1, 0.15) is 0 Å². The Kier molecular flexibility index (Phi) is 5.09. The lowest BCUT2D eigenvalue weighted by Gasteiger charge is -2.22. The minimum Gasteiger partial charge on any atom is -0.314 e. The molecule has 0 atom stereocenters. The van der Waals surface area contributed by atoms with Gasteiger partial charge >= 0.3 is 0 Å². The number of aryl methyl sites for hydroxylation is 1. The molecule has 1 aromatic rings. The van der Waals surface area contributed by atoms with Crippen molar-refractivity contribution in [2.75, 3.05) is 6.54 Å². The summed E-state index contributed by atoms with van der Waals surface area (Å²) in [6, 6.07) is 0.784. The molecule has 90 valence electrons. The van der Waals surface area contributed by atoms with E-state index in [2.05, 4.69) is 39.2 Å². The number of nitrogens with one attached hydrogen (secondary N) is 1. The molecule has 0 saturated heterocycles. The first-order valence-electron chi connectivity index (χ1n) is 6.26. The Morgan fingerprint density at radius 3 is 2.88 bits per heavy atom. The summed E-state index contributed by atoms with van der Waals surface area (Å²) < 4.78 is 3.25. The molecule has 3 nitrogen and oxygen atoms in total. The van der Waals surface area contributed by atoms with Crippen molar-refractivity contribution in [1.82, 2.24) is 15.1 Å². The molecule has 2 rings (SSSR count). The van der Waals surface area contributed by atoms with Crippen LogP contribution in [0.15, 0.2) is 12.4 Å². The van der Waals surface area contributed by atoms with E-state index in [1.165, 1.54) is 42.1 Å². The number of halogens is 1. The third kappa shape index (κ3) is 4.05. The zero-order valence-electron chi connectivity index (χ0n) is 9.66. The fourth-order valence-electron chi connectivity index (χ4n) is 2.31. The smallest absolute Gasteiger partial charge is 0.0623 e. The normalized spacial score (nSPS) is 17.8. The molecule has 1 fully saturated rings. The highest BCUT2D eigenvalue weighted by atomic mass is 127. The summed E-state index contributed by atoms with van der Waals surface area (Å²) in [7, 11) is 0. The van der Waals surface area contributed by atoms with Crippen LogP contribution in [0.3, 0.4) is 0 Å². The number of nitrogens with zero attached hydrogens (tertiary/aromatic N) is 2. The molecule has 1 saturated carbocycles. The first-order valence-corrected chi connectivity index (χ1v) is 7.34. The standard InChI is InChI=1S/C12H20IN3/c13-11-9-15-16(10-11)8-4-7-14-12-5-2-1-3-6-12/h9-10,12,14H,1-8H2. The number of aromatic nitrogens is 2.